The molecule has 16 heavy (non-hydrogen) atoms. The van der Waals surface area contributed by atoms with Gasteiger partial charge in [0.2, 0.25) is 5.91 Å². The molecule has 1 amide bonds. The van der Waals surface area contributed by atoms with Crippen LogP contribution in [-0.4, -0.2) is 22.2 Å². The number of carbonyl (C=O) groups is 1. The second-order valence-corrected chi connectivity index (χ2v) is 4.08. The van der Waals surface area contributed by atoms with Crippen molar-refractivity contribution >= 4 is 5.91 Å². The maximum absolute atomic E-state index is 11.5. The zero-order valence-corrected chi connectivity index (χ0v) is 9.27. The maximum atomic E-state index is 11.5. The van der Waals surface area contributed by atoms with E-state index >= 15 is 0 Å². The van der Waals surface area contributed by atoms with Crippen LogP contribution >= 0.6 is 0 Å². The third-order valence-electron chi connectivity index (χ3n) is 2.58. The van der Waals surface area contributed by atoms with Crippen LogP contribution in [0, 0.1) is 0 Å². The van der Waals surface area contributed by atoms with E-state index in [2.05, 4.69) is 10.4 Å². The van der Waals surface area contributed by atoms with Crippen LogP contribution in [0.2, 0.25) is 0 Å². The fraction of sp³-hybridized carbons (Fsp3) is 0.545. The van der Waals surface area contributed by atoms with Gasteiger partial charge < -0.3 is 5.32 Å². The number of nitrogens with one attached hydrogen (secondary N) is 1. The molecule has 1 heterocycles. The lowest BCUT2D eigenvalue weighted by atomic mass is 10.3. The maximum Gasteiger partial charge on any atom is 0.266 e. The second kappa shape index (κ2) is 4.47. The van der Waals surface area contributed by atoms with Crippen LogP contribution in [0.3, 0.4) is 0 Å². The Bertz CT molecular complexity index is 449. The van der Waals surface area contributed by atoms with E-state index in [1.807, 2.05) is 0 Å². The molecule has 0 aromatic carbocycles. The van der Waals surface area contributed by atoms with E-state index in [0.29, 0.717) is 19.0 Å². The highest BCUT2D eigenvalue weighted by Gasteiger charge is 2.25. The third kappa shape index (κ3) is 2.68. The van der Waals surface area contributed by atoms with E-state index in [9.17, 15) is 9.59 Å². The summed E-state index contributed by atoms with van der Waals surface area (Å²) in [6.07, 6.45) is 2.33. The summed E-state index contributed by atoms with van der Waals surface area (Å²) < 4.78 is 1.42. The first kappa shape index (κ1) is 10.9. The molecule has 5 heteroatoms. The molecule has 0 aliphatic heterocycles. The molecule has 1 saturated carbocycles. The summed E-state index contributed by atoms with van der Waals surface area (Å²) in [4.78, 5) is 22.2. The summed E-state index contributed by atoms with van der Waals surface area (Å²) in [5.74, 6) is 0.444. The zero-order chi connectivity index (χ0) is 11.5. The first-order chi connectivity index (χ1) is 7.66. The van der Waals surface area contributed by atoms with Gasteiger partial charge in [0, 0.05) is 25.5 Å². The highest BCUT2D eigenvalue weighted by atomic mass is 16.1. The van der Waals surface area contributed by atoms with Gasteiger partial charge in [-0.1, -0.05) is 0 Å². The molecular weight excluding hydrogens is 206 g/mol. The van der Waals surface area contributed by atoms with Gasteiger partial charge in [0.25, 0.3) is 5.56 Å². The van der Waals surface area contributed by atoms with Crippen LogP contribution in [-0.2, 0) is 11.3 Å². The van der Waals surface area contributed by atoms with Crippen molar-refractivity contribution in [3.8, 4) is 0 Å². The number of nitrogens with zero attached hydrogens (tertiary/aromatic N) is 2. The van der Waals surface area contributed by atoms with Crippen LogP contribution in [0.1, 0.15) is 31.4 Å². The Hall–Kier alpha value is -1.65. The van der Waals surface area contributed by atoms with Gasteiger partial charge in [-0.25, -0.2) is 4.68 Å². The van der Waals surface area contributed by atoms with E-state index in [-0.39, 0.29) is 11.5 Å². The molecule has 1 aromatic rings. The van der Waals surface area contributed by atoms with Gasteiger partial charge in [-0.15, -0.1) is 0 Å². The van der Waals surface area contributed by atoms with Crippen molar-refractivity contribution in [2.24, 2.45) is 0 Å². The topological polar surface area (TPSA) is 64.0 Å². The molecule has 0 unspecified atom stereocenters. The average molecular weight is 221 g/mol. The summed E-state index contributed by atoms with van der Waals surface area (Å²) in [6.45, 7) is 2.33. The Labute approximate surface area is 93.5 Å². The Balaban J connectivity index is 2.03. The largest absolute Gasteiger partial charge is 0.354 e. The molecule has 5 nitrogen and oxygen atoms in total. The molecule has 0 radical (unpaired) electrons. The minimum atomic E-state index is -0.116. The van der Waals surface area contributed by atoms with Crippen molar-refractivity contribution in [2.75, 3.05) is 6.54 Å². The van der Waals surface area contributed by atoms with Gasteiger partial charge in [0.05, 0.1) is 12.2 Å². The minimum absolute atomic E-state index is 0.0913. The lowest BCUT2D eigenvalue weighted by Gasteiger charge is -2.06. The predicted molar refractivity (Wildman–Crippen MR) is 59.2 cm³/mol. The lowest BCUT2D eigenvalue weighted by molar-refractivity contribution is -0.118. The van der Waals surface area contributed by atoms with Crippen LogP contribution in [0.4, 0.5) is 0 Å². The number of rotatable bonds is 4. The van der Waals surface area contributed by atoms with Gasteiger partial charge in [0.1, 0.15) is 0 Å². The molecule has 1 aliphatic rings. The van der Waals surface area contributed by atoms with E-state index < -0.39 is 0 Å². The quantitative estimate of drug-likeness (QED) is 0.793. The summed E-state index contributed by atoms with van der Waals surface area (Å²) >= 11 is 0. The highest BCUT2D eigenvalue weighted by molar-refractivity contribution is 5.72. The van der Waals surface area contributed by atoms with Crippen molar-refractivity contribution in [2.45, 2.75) is 32.2 Å². The number of aromatic nitrogens is 2. The summed E-state index contributed by atoms with van der Waals surface area (Å²) in [5, 5.41) is 6.93. The first-order valence-electron chi connectivity index (χ1n) is 5.49. The van der Waals surface area contributed by atoms with Crippen molar-refractivity contribution in [3.05, 3.63) is 28.2 Å². The standard InChI is InChI=1S/C11H15N3O2/c1-8(15)12-6-7-14-11(16)5-4-10(13-14)9-2-3-9/h4-5,9H,2-3,6-7H2,1H3,(H,12,15). The van der Waals surface area contributed by atoms with Gasteiger partial charge in [-0.3, -0.25) is 9.59 Å². The number of hydrogen-bond acceptors (Lipinski definition) is 3. The van der Waals surface area contributed by atoms with Crippen molar-refractivity contribution < 1.29 is 4.79 Å². The van der Waals surface area contributed by atoms with Crippen LogP contribution in [0.25, 0.3) is 0 Å². The fourth-order valence-electron chi connectivity index (χ4n) is 1.56. The predicted octanol–water partition coefficient (Wildman–Crippen LogP) is 0.257. The highest BCUT2D eigenvalue weighted by Crippen LogP contribution is 2.38. The Morgan fingerprint density at radius 3 is 2.94 bits per heavy atom. The summed E-state index contributed by atoms with van der Waals surface area (Å²) in [6, 6.07) is 3.35. The Morgan fingerprint density at radius 1 is 1.56 bits per heavy atom. The van der Waals surface area contributed by atoms with Gasteiger partial charge in [-0.2, -0.15) is 5.10 Å². The lowest BCUT2D eigenvalue weighted by Crippen LogP contribution is -2.30. The molecule has 2 rings (SSSR count). The van der Waals surface area contributed by atoms with Crippen LogP contribution < -0.4 is 10.9 Å². The molecule has 0 atom stereocenters. The number of carbonyl (C=O) groups excluding carboxylic acids is 1. The second-order valence-electron chi connectivity index (χ2n) is 4.08. The molecule has 1 aromatic heterocycles. The Morgan fingerprint density at radius 2 is 2.31 bits per heavy atom. The molecule has 1 fully saturated rings. The van der Waals surface area contributed by atoms with Crippen molar-refractivity contribution in [1.82, 2.24) is 15.1 Å². The smallest absolute Gasteiger partial charge is 0.266 e. The SMILES string of the molecule is CC(=O)NCCn1nc(C2CC2)ccc1=O. The number of amides is 1. The van der Waals surface area contributed by atoms with E-state index in [0.717, 1.165) is 18.5 Å². The first-order valence-corrected chi connectivity index (χ1v) is 5.49. The normalized spacial score (nSPS) is 14.8. The molecular formula is C11H15N3O2. The van der Waals surface area contributed by atoms with Crippen LogP contribution in [0.5, 0.6) is 0 Å². The molecule has 0 saturated heterocycles. The third-order valence-corrected chi connectivity index (χ3v) is 2.58. The Kier molecular flexibility index (Phi) is 3.03. The van der Waals surface area contributed by atoms with E-state index in [1.165, 1.54) is 11.6 Å². The summed E-state index contributed by atoms with van der Waals surface area (Å²) in [7, 11) is 0. The minimum Gasteiger partial charge on any atom is -0.354 e. The molecule has 86 valence electrons. The van der Waals surface area contributed by atoms with Crippen LogP contribution in [0.15, 0.2) is 16.9 Å². The average Bonchev–Trinajstić information content (AvgIpc) is 3.04. The molecule has 0 bridgehead atoms. The molecule has 0 spiro atoms. The van der Waals surface area contributed by atoms with E-state index in [4.69, 9.17) is 0 Å². The number of hydrogen-bond donors (Lipinski definition) is 1. The van der Waals surface area contributed by atoms with Gasteiger partial charge >= 0.3 is 0 Å². The van der Waals surface area contributed by atoms with E-state index in [1.54, 1.807) is 12.1 Å². The molecule has 1 N–H and O–H groups in total. The van der Waals surface area contributed by atoms with Crippen molar-refractivity contribution in [3.63, 3.8) is 0 Å². The van der Waals surface area contributed by atoms with Crippen molar-refractivity contribution in [1.29, 1.82) is 0 Å². The zero-order valence-electron chi connectivity index (χ0n) is 9.27. The van der Waals surface area contributed by atoms with Gasteiger partial charge in [0.15, 0.2) is 0 Å². The fourth-order valence-corrected chi connectivity index (χ4v) is 1.56. The van der Waals surface area contributed by atoms with Gasteiger partial charge in [-0.05, 0) is 18.9 Å². The summed E-state index contributed by atoms with van der Waals surface area (Å²) in [5.41, 5.74) is 0.872. The monoisotopic (exact) mass is 221 g/mol. The molecule has 1 aliphatic carbocycles.